The van der Waals surface area contributed by atoms with E-state index in [0.717, 1.165) is 14.9 Å². The summed E-state index contributed by atoms with van der Waals surface area (Å²) < 4.78 is 0.761. The molecule has 0 bridgehead atoms. The van der Waals surface area contributed by atoms with E-state index < -0.39 is 11.6 Å². The zero-order valence-corrected chi connectivity index (χ0v) is 17.6. The molecule has 1 aliphatic rings. The topological polar surface area (TPSA) is 95.4 Å². The minimum Gasteiger partial charge on any atom is -0.388 e. The number of piperidine rings is 1. The average Bonchev–Trinajstić information content (AvgIpc) is 3.13. The number of hydrogen-bond donors (Lipinski definition) is 2. The number of benzene rings is 1. The third kappa shape index (κ3) is 4.53. The lowest BCUT2D eigenvalue weighted by atomic mass is 9.78. The van der Waals surface area contributed by atoms with Crippen LogP contribution in [0.15, 0.2) is 34.7 Å². The van der Waals surface area contributed by atoms with Gasteiger partial charge in [-0.1, -0.05) is 60.4 Å². The van der Waals surface area contributed by atoms with Crippen LogP contribution in [-0.4, -0.2) is 57.0 Å². The number of aryl methyl sites for hydroxylation is 1. The third-order valence-electron chi connectivity index (χ3n) is 4.89. The molecule has 2 amide bonds. The van der Waals surface area contributed by atoms with Crippen molar-refractivity contribution in [2.45, 2.75) is 42.7 Å². The highest BCUT2D eigenvalue weighted by Gasteiger charge is 2.45. The molecular formula is C19H24N4O3S2. The summed E-state index contributed by atoms with van der Waals surface area (Å²) in [5, 5.41) is 22.8. The fourth-order valence-corrected chi connectivity index (χ4v) is 5.06. The van der Waals surface area contributed by atoms with E-state index in [1.54, 1.807) is 11.8 Å². The summed E-state index contributed by atoms with van der Waals surface area (Å²) in [6, 6.07) is 9.49. The van der Waals surface area contributed by atoms with E-state index in [4.69, 9.17) is 0 Å². The highest BCUT2D eigenvalue weighted by Crippen LogP contribution is 2.34. The Morgan fingerprint density at radius 1 is 1.36 bits per heavy atom. The lowest BCUT2D eigenvalue weighted by Gasteiger charge is -2.46. The van der Waals surface area contributed by atoms with Gasteiger partial charge < -0.3 is 15.3 Å². The van der Waals surface area contributed by atoms with Crippen LogP contribution in [0.5, 0.6) is 0 Å². The molecule has 2 atom stereocenters. The first-order valence-corrected chi connectivity index (χ1v) is 11.0. The largest absolute Gasteiger partial charge is 0.388 e. The van der Waals surface area contributed by atoms with Crippen molar-refractivity contribution in [3.63, 3.8) is 0 Å². The molecule has 9 heteroatoms. The molecule has 1 fully saturated rings. The maximum Gasteiger partial charge on any atom is 0.233 e. The van der Waals surface area contributed by atoms with Gasteiger partial charge in [-0.3, -0.25) is 9.59 Å². The molecule has 3 rings (SSSR count). The van der Waals surface area contributed by atoms with Gasteiger partial charge in [0.1, 0.15) is 5.01 Å². The second-order valence-corrected chi connectivity index (χ2v) is 9.12. The van der Waals surface area contributed by atoms with E-state index in [9.17, 15) is 14.7 Å². The number of nitrogens with zero attached hydrogens (tertiary/aromatic N) is 3. The molecule has 0 aliphatic carbocycles. The number of likely N-dealkylation sites (tertiary alicyclic amines) is 1. The molecule has 1 aromatic carbocycles. The van der Waals surface area contributed by atoms with Crippen LogP contribution in [-0.2, 0) is 15.1 Å². The van der Waals surface area contributed by atoms with Crippen LogP contribution in [0.2, 0.25) is 0 Å². The molecule has 7 nitrogen and oxygen atoms in total. The van der Waals surface area contributed by atoms with Gasteiger partial charge in [-0.05, 0) is 18.9 Å². The molecule has 1 aliphatic heterocycles. The maximum absolute atomic E-state index is 12.6. The molecule has 2 heterocycles. The van der Waals surface area contributed by atoms with Gasteiger partial charge in [0.2, 0.25) is 11.8 Å². The Kier molecular flexibility index (Phi) is 6.69. The summed E-state index contributed by atoms with van der Waals surface area (Å²) in [6.07, 6.45) is -0.100. The van der Waals surface area contributed by atoms with Crippen LogP contribution in [0.4, 0.5) is 0 Å². The van der Waals surface area contributed by atoms with Crippen molar-refractivity contribution in [1.29, 1.82) is 0 Å². The summed E-state index contributed by atoms with van der Waals surface area (Å²) in [5.41, 5.74) is -0.0238. The van der Waals surface area contributed by atoms with Crippen molar-refractivity contribution in [2.75, 3.05) is 18.8 Å². The molecule has 2 aromatic rings. The molecule has 0 unspecified atom stereocenters. The van der Waals surface area contributed by atoms with E-state index in [1.165, 1.54) is 23.1 Å². The molecule has 0 saturated carbocycles. The number of nitrogens with one attached hydrogen (secondary N) is 1. The summed E-state index contributed by atoms with van der Waals surface area (Å²) in [7, 11) is 0. The number of carbonyl (C=O) groups is 2. The molecule has 150 valence electrons. The summed E-state index contributed by atoms with van der Waals surface area (Å²) in [6.45, 7) is 4.29. The van der Waals surface area contributed by atoms with Crippen molar-refractivity contribution < 1.29 is 14.7 Å². The lowest BCUT2D eigenvalue weighted by molar-refractivity contribution is -0.136. The first-order chi connectivity index (χ1) is 13.4. The van der Waals surface area contributed by atoms with E-state index in [0.29, 0.717) is 19.4 Å². The number of rotatable bonds is 6. The summed E-state index contributed by atoms with van der Waals surface area (Å²) in [4.78, 5) is 26.4. The smallest absolute Gasteiger partial charge is 0.233 e. The molecule has 0 radical (unpaired) electrons. The molecule has 28 heavy (non-hydrogen) atoms. The molecular weight excluding hydrogens is 396 g/mol. The normalized spacial score (nSPS) is 22.1. The van der Waals surface area contributed by atoms with Crippen molar-refractivity contribution >= 4 is 34.9 Å². The van der Waals surface area contributed by atoms with Gasteiger partial charge in [-0.15, -0.1) is 10.2 Å². The number of amides is 2. The van der Waals surface area contributed by atoms with E-state index in [1.807, 2.05) is 37.3 Å². The lowest BCUT2D eigenvalue weighted by Crippen LogP contribution is -2.62. The Bertz CT molecular complexity index is 830. The highest BCUT2D eigenvalue weighted by atomic mass is 32.2. The number of β-amino-alcohol motifs (C(OH)–C–C–N with tert-alkyl or cyclic N) is 1. The second-order valence-electron chi connectivity index (χ2n) is 6.72. The van der Waals surface area contributed by atoms with E-state index >= 15 is 0 Å². The fourth-order valence-electron chi connectivity index (χ4n) is 3.34. The van der Waals surface area contributed by atoms with Crippen LogP contribution in [0.3, 0.4) is 0 Å². The zero-order valence-electron chi connectivity index (χ0n) is 15.9. The number of aromatic nitrogens is 2. The van der Waals surface area contributed by atoms with Crippen LogP contribution in [0.25, 0.3) is 0 Å². The Morgan fingerprint density at radius 2 is 2.11 bits per heavy atom. The third-order valence-corrected chi connectivity index (χ3v) is 6.85. The Hall–Kier alpha value is -1.97. The van der Waals surface area contributed by atoms with Gasteiger partial charge in [0.05, 0.1) is 17.4 Å². The van der Waals surface area contributed by atoms with Gasteiger partial charge in [0, 0.05) is 19.5 Å². The minimum atomic E-state index is -0.892. The van der Waals surface area contributed by atoms with Gasteiger partial charge in [0.25, 0.3) is 0 Å². The quantitative estimate of drug-likeness (QED) is 0.694. The monoisotopic (exact) mass is 420 g/mol. The number of hydrogen-bond acceptors (Lipinski definition) is 7. The number of carbonyl (C=O) groups excluding carboxylic acids is 2. The number of aliphatic hydroxyl groups excluding tert-OH is 1. The van der Waals surface area contributed by atoms with Crippen molar-refractivity contribution in [1.82, 2.24) is 20.4 Å². The summed E-state index contributed by atoms with van der Waals surface area (Å²) in [5.74, 6) is 0.0753. The summed E-state index contributed by atoms with van der Waals surface area (Å²) >= 11 is 2.81. The maximum atomic E-state index is 12.6. The Labute approximate surface area is 172 Å². The minimum absolute atomic E-state index is 0.0552. The number of aliphatic hydroxyl groups is 1. The van der Waals surface area contributed by atoms with Crippen LogP contribution in [0.1, 0.15) is 30.3 Å². The van der Waals surface area contributed by atoms with Crippen LogP contribution < -0.4 is 5.32 Å². The van der Waals surface area contributed by atoms with E-state index in [-0.39, 0.29) is 24.1 Å². The molecule has 0 spiro atoms. The van der Waals surface area contributed by atoms with E-state index in [2.05, 4.69) is 15.5 Å². The predicted octanol–water partition coefficient (Wildman–Crippen LogP) is 1.95. The van der Waals surface area contributed by atoms with Crippen molar-refractivity contribution in [3.05, 3.63) is 40.9 Å². The average molecular weight is 421 g/mol. The van der Waals surface area contributed by atoms with Crippen LogP contribution >= 0.6 is 23.1 Å². The fraction of sp³-hybridized carbons (Fsp3) is 0.474. The zero-order chi connectivity index (χ0) is 20.1. The number of thioether (sulfide) groups is 1. The SMILES string of the molecule is CCC(=O)N[C@]1(c2ccccc2)CCN(C(=O)CSc2nnc(C)s2)C[C@H]1O. The van der Waals surface area contributed by atoms with Gasteiger partial charge in [-0.2, -0.15) is 0 Å². The Morgan fingerprint density at radius 3 is 2.71 bits per heavy atom. The van der Waals surface area contributed by atoms with Crippen molar-refractivity contribution in [2.24, 2.45) is 0 Å². The highest BCUT2D eigenvalue weighted by molar-refractivity contribution is 8.01. The predicted molar refractivity (Wildman–Crippen MR) is 109 cm³/mol. The molecule has 1 aromatic heterocycles. The van der Waals surface area contributed by atoms with Gasteiger partial charge >= 0.3 is 0 Å². The van der Waals surface area contributed by atoms with Gasteiger partial charge in [0.15, 0.2) is 4.34 Å². The van der Waals surface area contributed by atoms with Gasteiger partial charge in [-0.25, -0.2) is 0 Å². The molecule has 1 saturated heterocycles. The Balaban J connectivity index is 1.70. The first-order valence-electron chi connectivity index (χ1n) is 9.20. The standard InChI is InChI=1S/C19H24N4O3S2/c1-3-16(25)20-19(14-7-5-4-6-8-14)9-10-23(11-15(19)24)17(26)12-27-18-22-21-13(2)28-18/h4-8,15,24H,3,9-12H2,1-2H3,(H,20,25)/t15-,19+/m1/s1. The second kappa shape index (κ2) is 9.02. The van der Waals surface area contributed by atoms with Crippen LogP contribution in [0, 0.1) is 6.92 Å². The first kappa shape index (κ1) is 20.8. The molecule has 2 N–H and O–H groups in total. The van der Waals surface area contributed by atoms with Crippen molar-refractivity contribution in [3.8, 4) is 0 Å².